The fraction of sp³-hybridized carbons (Fsp3) is 0.286. The molecule has 0 saturated carbocycles. The van der Waals surface area contributed by atoms with Crippen molar-refractivity contribution < 1.29 is 9.90 Å². The van der Waals surface area contributed by atoms with Crippen LogP contribution in [-0.2, 0) is 0 Å². The lowest BCUT2D eigenvalue weighted by molar-refractivity contribution is 0.241. The quantitative estimate of drug-likeness (QED) is 0.793. The van der Waals surface area contributed by atoms with Crippen molar-refractivity contribution in [3.8, 4) is 11.3 Å². The molecule has 6 heteroatoms. The molecule has 1 aromatic heterocycles. The molecule has 0 fully saturated rings. The number of amides is 2. The van der Waals surface area contributed by atoms with Gasteiger partial charge in [0, 0.05) is 24.3 Å². The summed E-state index contributed by atoms with van der Waals surface area (Å²) in [4.78, 5) is 11.7. The molecule has 3 N–H and O–H groups in total. The van der Waals surface area contributed by atoms with Gasteiger partial charge in [-0.05, 0) is 24.9 Å². The fourth-order valence-corrected chi connectivity index (χ4v) is 2.37. The highest BCUT2D eigenvalue weighted by molar-refractivity contribution is 7.10. The number of nitrogens with zero attached hydrogens (tertiary/aromatic N) is 1. The summed E-state index contributed by atoms with van der Waals surface area (Å²) < 4.78 is 4.31. The van der Waals surface area contributed by atoms with Gasteiger partial charge in [-0.1, -0.05) is 30.3 Å². The summed E-state index contributed by atoms with van der Waals surface area (Å²) in [5.74, 6) is 0. The molecular weight excluding hydrogens is 274 g/mol. The van der Waals surface area contributed by atoms with E-state index < -0.39 is 0 Å². The van der Waals surface area contributed by atoms with Crippen LogP contribution in [0.3, 0.4) is 0 Å². The van der Waals surface area contributed by atoms with Gasteiger partial charge in [-0.3, -0.25) is 5.32 Å². The van der Waals surface area contributed by atoms with E-state index in [1.807, 2.05) is 43.3 Å². The standard InChI is InChI=1S/C14H17N3O2S/c1-10(7-8-18)15-14(19)16-13-9-12(17-20-13)11-5-3-2-4-6-11/h2-6,9-10,18H,7-8H2,1H3,(H2,15,16,19)/t10-/m1/s1. The molecule has 1 heterocycles. The summed E-state index contributed by atoms with van der Waals surface area (Å²) in [7, 11) is 0. The fourth-order valence-electron chi connectivity index (χ4n) is 1.72. The maximum absolute atomic E-state index is 11.7. The molecule has 20 heavy (non-hydrogen) atoms. The van der Waals surface area contributed by atoms with Gasteiger partial charge in [0.2, 0.25) is 0 Å². The molecule has 2 aromatic rings. The van der Waals surface area contributed by atoms with Crippen LogP contribution in [0.2, 0.25) is 0 Å². The Bertz CT molecular complexity index is 557. The smallest absolute Gasteiger partial charge is 0.320 e. The number of benzene rings is 1. The van der Waals surface area contributed by atoms with E-state index in [4.69, 9.17) is 5.11 Å². The van der Waals surface area contributed by atoms with Crippen molar-refractivity contribution in [3.63, 3.8) is 0 Å². The summed E-state index contributed by atoms with van der Waals surface area (Å²) in [5.41, 5.74) is 1.86. The van der Waals surface area contributed by atoms with E-state index in [2.05, 4.69) is 15.0 Å². The van der Waals surface area contributed by atoms with Crippen molar-refractivity contribution in [1.82, 2.24) is 9.69 Å². The van der Waals surface area contributed by atoms with Gasteiger partial charge in [-0.25, -0.2) is 4.79 Å². The average molecular weight is 291 g/mol. The van der Waals surface area contributed by atoms with Crippen LogP contribution in [0.15, 0.2) is 36.4 Å². The zero-order valence-electron chi connectivity index (χ0n) is 11.2. The molecular formula is C14H17N3O2S. The predicted molar refractivity (Wildman–Crippen MR) is 80.9 cm³/mol. The molecule has 2 amide bonds. The summed E-state index contributed by atoms with van der Waals surface area (Å²) in [6.07, 6.45) is 0.533. The molecule has 0 bridgehead atoms. The highest BCUT2D eigenvalue weighted by Gasteiger charge is 2.09. The Morgan fingerprint density at radius 2 is 2.15 bits per heavy atom. The first-order valence-corrected chi connectivity index (χ1v) is 7.17. The summed E-state index contributed by atoms with van der Waals surface area (Å²) in [6.45, 7) is 1.90. The molecule has 0 aliphatic heterocycles. The minimum atomic E-state index is -0.283. The minimum absolute atomic E-state index is 0.0557. The third kappa shape index (κ3) is 4.04. The van der Waals surface area contributed by atoms with Crippen LogP contribution in [-0.4, -0.2) is 28.2 Å². The number of carbonyl (C=O) groups is 1. The average Bonchev–Trinajstić information content (AvgIpc) is 2.88. The normalized spacial score (nSPS) is 11.9. The lowest BCUT2D eigenvalue weighted by Crippen LogP contribution is -2.36. The summed E-state index contributed by atoms with van der Waals surface area (Å²) in [6, 6.07) is 11.3. The van der Waals surface area contributed by atoms with Crippen LogP contribution in [0.1, 0.15) is 13.3 Å². The third-order valence-corrected chi connectivity index (χ3v) is 3.46. The number of nitrogens with one attached hydrogen (secondary N) is 2. The Morgan fingerprint density at radius 3 is 2.85 bits per heavy atom. The molecule has 106 valence electrons. The van der Waals surface area contributed by atoms with Crippen molar-refractivity contribution >= 4 is 22.6 Å². The lowest BCUT2D eigenvalue weighted by Gasteiger charge is -2.12. The first-order valence-electron chi connectivity index (χ1n) is 6.39. The number of rotatable bonds is 5. The second-order valence-electron chi connectivity index (χ2n) is 4.45. The maximum atomic E-state index is 11.7. The molecule has 0 unspecified atom stereocenters. The molecule has 0 radical (unpaired) electrons. The summed E-state index contributed by atoms with van der Waals surface area (Å²) in [5, 5.41) is 15.0. The van der Waals surface area contributed by atoms with Gasteiger partial charge in [0.15, 0.2) is 0 Å². The Morgan fingerprint density at radius 1 is 1.40 bits per heavy atom. The van der Waals surface area contributed by atoms with Gasteiger partial charge < -0.3 is 10.4 Å². The van der Waals surface area contributed by atoms with Gasteiger partial charge in [0.1, 0.15) is 5.00 Å². The van der Waals surface area contributed by atoms with Crippen LogP contribution in [0.25, 0.3) is 11.3 Å². The van der Waals surface area contributed by atoms with Crippen LogP contribution in [0.5, 0.6) is 0 Å². The van der Waals surface area contributed by atoms with Gasteiger partial charge in [0.25, 0.3) is 0 Å². The van der Waals surface area contributed by atoms with Gasteiger partial charge in [-0.2, -0.15) is 4.37 Å². The van der Waals surface area contributed by atoms with E-state index in [0.29, 0.717) is 11.4 Å². The van der Waals surface area contributed by atoms with Gasteiger partial charge >= 0.3 is 6.03 Å². The van der Waals surface area contributed by atoms with Crippen molar-refractivity contribution in [3.05, 3.63) is 36.4 Å². The first kappa shape index (κ1) is 14.5. The lowest BCUT2D eigenvalue weighted by atomic mass is 10.2. The predicted octanol–water partition coefficient (Wildman–Crippen LogP) is 2.70. The highest BCUT2D eigenvalue weighted by atomic mass is 32.1. The minimum Gasteiger partial charge on any atom is -0.396 e. The van der Waals surface area contributed by atoms with Crippen molar-refractivity contribution in [2.75, 3.05) is 11.9 Å². The molecule has 1 aromatic carbocycles. The summed E-state index contributed by atoms with van der Waals surface area (Å²) >= 11 is 1.24. The van der Waals surface area contributed by atoms with E-state index in [-0.39, 0.29) is 18.7 Å². The molecule has 0 saturated heterocycles. The molecule has 1 atom stereocenters. The number of aromatic nitrogens is 1. The Labute approximate surface area is 121 Å². The number of hydrogen-bond acceptors (Lipinski definition) is 4. The number of aliphatic hydroxyl groups excluding tert-OH is 1. The van der Waals surface area contributed by atoms with E-state index in [9.17, 15) is 4.79 Å². The molecule has 0 aliphatic rings. The number of urea groups is 1. The van der Waals surface area contributed by atoms with E-state index >= 15 is 0 Å². The third-order valence-electron chi connectivity index (χ3n) is 2.76. The molecule has 0 spiro atoms. The van der Waals surface area contributed by atoms with Crippen LogP contribution in [0, 0.1) is 0 Å². The monoisotopic (exact) mass is 291 g/mol. The molecule has 2 rings (SSSR count). The van der Waals surface area contributed by atoms with Crippen LogP contribution < -0.4 is 10.6 Å². The Kier molecular flexibility index (Phi) is 5.09. The van der Waals surface area contributed by atoms with Gasteiger partial charge in [0.05, 0.1) is 5.69 Å². The highest BCUT2D eigenvalue weighted by Crippen LogP contribution is 2.24. The zero-order chi connectivity index (χ0) is 14.4. The maximum Gasteiger partial charge on any atom is 0.320 e. The number of carbonyl (C=O) groups excluding carboxylic acids is 1. The second-order valence-corrected chi connectivity index (χ2v) is 5.26. The van der Waals surface area contributed by atoms with E-state index in [0.717, 1.165) is 11.3 Å². The second kappa shape index (κ2) is 7.02. The number of anilines is 1. The molecule has 5 nitrogen and oxygen atoms in total. The molecule has 0 aliphatic carbocycles. The zero-order valence-corrected chi connectivity index (χ0v) is 12.0. The largest absolute Gasteiger partial charge is 0.396 e. The van der Waals surface area contributed by atoms with Crippen LogP contribution in [0.4, 0.5) is 9.80 Å². The van der Waals surface area contributed by atoms with Gasteiger partial charge in [-0.15, -0.1) is 0 Å². The topological polar surface area (TPSA) is 74.2 Å². The van der Waals surface area contributed by atoms with Crippen LogP contribution >= 0.6 is 11.5 Å². The Hall–Kier alpha value is -1.92. The number of aliphatic hydroxyl groups is 1. The van der Waals surface area contributed by atoms with Crippen molar-refractivity contribution in [2.45, 2.75) is 19.4 Å². The first-order chi connectivity index (χ1) is 9.69. The Balaban J connectivity index is 1.95. The van der Waals surface area contributed by atoms with E-state index in [1.54, 1.807) is 0 Å². The van der Waals surface area contributed by atoms with Crippen molar-refractivity contribution in [1.29, 1.82) is 0 Å². The SMILES string of the molecule is C[C@H](CCO)NC(=O)Nc1cc(-c2ccccc2)ns1. The van der Waals surface area contributed by atoms with E-state index in [1.165, 1.54) is 11.5 Å². The van der Waals surface area contributed by atoms with Crippen molar-refractivity contribution in [2.24, 2.45) is 0 Å². The number of hydrogen-bond donors (Lipinski definition) is 3.